The zero-order valence-corrected chi connectivity index (χ0v) is 10.6. The monoisotopic (exact) mass is 271 g/mol. The third-order valence-electron chi connectivity index (χ3n) is 2.53. The smallest absolute Gasteiger partial charge is 0.161 e. The van der Waals surface area contributed by atoms with Crippen molar-refractivity contribution in [2.45, 2.75) is 19.9 Å². The van der Waals surface area contributed by atoms with Crippen LogP contribution in [0.3, 0.4) is 0 Å². The van der Waals surface area contributed by atoms with Gasteiger partial charge in [0.25, 0.3) is 0 Å². The van der Waals surface area contributed by atoms with Crippen molar-refractivity contribution in [1.29, 1.82) is 0 Å². The molecular formula is C13H12F3NS. The molecule has 0 bridgehead atoms. The van der Waals surface area contributed by atoms with E-state index in [9.17, 15) is 13.2 Å². The van der Waals surface area contributed by atoms with Gasteiger partial charge in [0.15, 0.2) is 11.6 Å². The number of benzene rings is 1. The maximum atomic E-state index is 13.3. The Morgan fingerprint density at radius 2 is 1.67 bits per heavy atom. The van der Waals surface area contributed by atoms with Crippen molar-refractivity contribution in [1.82, 2.24) is 0 Å². The quantitative estimate of drug-likeness (QED) is 0.816. The molecule has 0 aliphatic carbocycles. The van der Waals surface area contributed by atoms with Gasteiger partial charge in [-0.05, 0) is 18.6 Å². The maximum Gasteiger partial charge on any atom is 0.161 e. The predicted molar refractivity (Wildman–Crippen MR) is 67.3 cm³/mol. The first-order chi connectivity index (χ1) is 8.60. The van der Waals surface area contributed by atoms with Gasteiger partial charge in [0.1, 0.15) is 5.82 Å². The fraction of sp³-hybridized carbons (Fsp3) is 0.231. The topological polar surface area (TPSA) is 12.0 Å². The van der Waals surface area contributed by atoms with Gasteiger partial charge in [0.05, 0.1) is 5.69 Å². The molecule has 0 aliphatic heterocycles. The second-order valence-electron chi connectivity index (χ2n) is 3.82. The van der Waals surface area contributed by atoms with Crippen LogP contribution in [0.4, 0.5) is 18.9 Å². The Kier molecular flexibility index (Phi) is 3.91. The van der Waals surface area contributed by atoms with Crippen molar-refractivity contribution in [3.8, 4) is 0 Å². The van der Waals surface area contributed by atoms with Crippen molar-refractivity contribution in [3.05, 3.63) is 51.5 Å². The second-order valence-corrected chi connectivity index (χ2v) is 5.07. The number of hydrogen-bond donors (Lipinski definition) is 1. The average molecular weight is 271 g/mol. The van der Waals surface area contributed by atoms with E-state index in [1.54, 1.807) is 11.3 Å². The van der Waals surface area contributed by atoms with Gasteiger partial charge >= 0.3 is 0 Å². The van der Waals surface area contributed by atoms with Crippen LogP contribution in [0, 0.1) is 17.5 Å². The molecule has 1 nitrogen and oxygen atoms in total. The lowest BCUT2D eigenvalue weighted by atomic mass is 10.2. The molecule has 2 aromatic rings. The van der Waals surface area contributed by atoms with Crippen molar-refractivity contribution < 1.29 is 13.2 Å². The standard InChI is InChI=1S/C13H12F3NS/c1-2-8-3-4-9(18-8)7-17-13-6-11(15)10(14)5-12(13)16/h3-6,17H,2,7H2,1H3. The summed E-state index contributed by atoms with van der Waals surface area (Å²) in [7, 11) is 0. The summed E-state index contributed by atoms with van der Waals surface area (Å²) in [6.07, 6.45) is 0.949. The first-order valence-electron chi connectivity index (χ1n) is 5.56. The Labute approximate surface area is 107 Å². The van der Waals surface area contributed by atoms with Crippen molar-refractivity contribution in [2.75, 3.05) is 5.32 Å². The lowest BCUT2D eigenvalue weighted by molar-refractivity contribution is 0.496. The minimum atomic E-state index is -1.18. The molecule has 0 saturated carbocycles. The van der Waals surface area contributed by atoms with Crippen LogP contribution in [0.25, 0.3) is 0 Å². The molecule has 1 aromatic carbocycles. The van der Waals surface area contributed by atoms with E-state index in [1.165, 1.54) is 4.88 Å². The Morgan fingerprint density at radius 1 is 1.00 bits per heavy atom. The first-order valence-corrected chi connectivity index (χ1v) is 6.37. The number of hydrogen-bond acceptors (Lipinski definition) is 2. The molecule has 0 spiro atoms. The van der Waals surface area contributed by atoms with Crippen LogP contribution in [-0.4, -0.2) is 0 Å². The highest BCUT2D eigenvalue weighted by molar-refractivity contribution is 7.12. The van der Waals surface area contributed by atoms with Crippen LogP contribution in [0.1, 0.15) is 16.7 Å². The lowest BCUT2D eigenvalue weighted by Crippen LogP contribution is -2.01. The van der Waals surface area contributed by atoms with Gasteiger partial charge in [-0.1, -0.05) is 6.92 Å². The van der Waals surface area contributed by atoms with E-state index in [0.717, 1.165) is 17.4 Å². The van der Waals surface area contributed by atoms with Crippen molar-refractivity contribution in [3.63, 3.8) is 0 Å². The van der Waals surface area contributed by atoms with E-state index in [2.05, 4.69) is 12.2 Å². The summed E-state index contributed by atoms with van der Waals surface area (Å²) in [5, 5.41) is 2.76. The van der Waals surface area contributed by atoms with Crippen LogP contribution < -0.4 is 5.32 Å². The van der Waals surface area contributed by atoms with Crippen LogP contribution in [0.15, 0.2) is 24.3 Å². The molecule has 5 heteroatoms. The molecule has 0 saturated heterocycles. The van der Waals surface area contributed by atoms with Gasteiger partial charge in [-0.2, -0.15) is 0 Å². The largest absolute Gasteiger partial charge is 0.378 e. The number of aryl methyl sites for hydroxylation is 1. The van der Waals surface area contributed by atoms with Crippen LogP contribution in [0.2, 0.25) is 0 Å². The molecule has 96 valence electrons. The number of nitrogens with one attached hydrogen (secondary N) is 1. The molecule has 0 amide bonds. The third-order valence-corrected chi connectivity index (χ3v) is 3.76. The van der Waals surface area contributed by atoms with Gasteiger partial charge in [-0.25, -0.2) is 13.2 Å². The van der Waals surface area contributed by atoms with Crippen LogP contribution >= 0.6 is 11.3 Å². The van der Waals surface area contributed by atoms with Gasteiger partial charge in [-0.3, -0.25) is 0 Å². The summed E-state index contributed by atoms with van der Waals surface area (Å²) in [5.41, 5.74) is -0.0275. The fourth-order valence-electron chi connectivity index (χ4n) is 1.55. The molecular weight excluding hydrogens is 259 g/mol. The van der Waals surface area contributed by atoms with Crippen LogP contribution in [0.5, 0.6) is 0 Å². The van der Waals surface area contributed by atoms with E-state index in [0.29, 0.717) is 12.6 Å². The Morgan fingerprint density at radius 3 is 2.33 bits per heavy atom. The summed E-state index contributed by atoms with van der Waals surface area (Å²) in [5.74, 6) is -3.03. The highest BCUT2D eigenvalue weighted by atomic mass is 32.1. The summed E-state index contributed by atoms with van der Waals surface area (Å²) < 4.78 is 39.0. The molecule has 18 heavy (non-hydrogen) atoms. The Balaban J connectivity index is 2.08. The normalized spacial score (nSPS) is 10.7. The minimum absolute atomic E-state index is 0.0275. The molecule has 0 unspecified atom stereocenters. The lowest BCUT2D eigenvalue weighted by Gasteiger charge is -2.06. The highest BCUT2D eigenvalue weighted by Gasteiger charge is 2.09. The summed E-state index contributed by atoms with van der Waals surface area (Å²) in [6.45, 7) is 2.45. The summed E-state index contributed by atoms with van der Waals surface area (Å²) >= 11 is 1.61. The first kappa shape index (κ1) is 13.0. The number of rotatable bonds is 4. The molecule has 1 aromatic heterocycles. The molecule has 0 aliphatic rings. The van der Waals surface area contributed by atoms with Crippen LogP contribution in [-0.2, 0) is 13.0 Å². The highest BCUT2D eigenvalue weighted by Crippen LogP contribution is 2.21. The number of halogens is 3. The van der Waals surface area contributed by atoms with Gasteiger partial charge < -0.3 is 5.32 Å². The summed E-state index contributed by atoms with van der Waals surface area (Å²) in [4.78, 5) is 2.26. The van der Waals surface area contributed by atoms with E-state index < -0.39 is 17.5 Å². The van der Waals surface area contributed by atoms with E-state index in [4.69, 9.17) is 0 Å². The predicted octanol–water partition coefficient (Wildman–Crippen LogP) is 4.34. The van der Waals surface area contributed by atoms with Crippen molar-refractivity contribution in [2.24, 2.45) is 0 Å². The molecule has 1 N–H and O–H groups in total. The number of anilines is 1. The van der Waals surface area contributed by atoms with E-state index in [1.807, 2.05) is 12.1 Å². The number of thiophene rings is 1. The van der Waals surface area contributed by atoms with Gasteiger partial charge in [0, 0.05) is 28.4 Å². The van der Waals surface area contributed by atoms with Gasteiger partial charge in [0.2, 0.25) is 0 Å². The average Bonchev–Trinajstić information content (AvgIpc) is 2.80. The third kappa shape index (κ3) is 2.85. The van der Waals surface area contributed by atoms with E-state index >= 15 is 0 Å². The molecule has 2 rings (SSSR count). The molecule has 0 atom stereocenters. The molecule has 0 fully saturated rings. The second kappa shape index (κ2) is 5.44. The van der Waals surface area contributed by atoms with Gasteiger partial charge in [-0.15, -0.1) is 11.3 Å². The van der Waals surface area contributed by atoms with Crippen molar-refractivity contribution >= 4 is 17.0 Å². The summed E-state index contributed by atoms with van der Waals surface area (Å²) in [6, 6.07) is 5.32. The minimum Gasteiger partial charge on any atom is -0.378 e. The van der Waals surface area contributed by atoms with E-state index in [-0.39, 0.29) is 5.69 Å². The zero-order chi connectivity index (χ0) is 13.1. The Hall–Kier alpha value is -1.49. The maximum absolute atomic E-state index is 13.3. The molecule has 1 heterocycles. The fourth-order valence-corrected chi connectivity index (χ4v) is 2.45. The Bertz CT molecular complexity index is 551. The molecule has 0 radical (unpaired) electrons. The zero-order valence-electron chi connectivity index (χ0n) is 9.77. The SMILES string of the molecule is CCc1ccc(CNc2cc(F)c(F)cc2F)s1.